The van der Waals surface area contributed by atoms with E-state index < -0.39 is 5.97 Å². The van der Waals surface area contributed by atoms with Crippen LogP contribution in [0.2, 0.25) is 0 Å². The van der Waals surface area contributed by atoms with Crippen LogP contribution in [-0.4, -0.2) is 88.3 Å². The number of hydrogen-bond donors (Lipinski definition) is 1. The van der Waals surface area contributed by atoms with E-state index in [1.807, 2.05) is 6.07 Å². The highest BCUT2D eigenvalue weighted by Gasteiger charge is 2.29. The van der Waals surface area contributed by atoms with Crippen LogP contribution in [0.25, 0.3) is 0 Å². The highest BCUT2D eigenvalue weighted by Crippen LogP contribution is 2.27. The van der Waals surface area contributed by atoms with E-state index in [9.17, 15) is 14.4 Å². The Kier molecular flexibility index (Phi) is 7.15. The number of likely N-dealkylation sites (tertiary alicyclic amines) is 1. The zero-order chi connectivity index (χ0) is 21.7. The molecule has 0 atom stereocenters. The lowest BCUT2D eigenvalue weighted by Crippen LogP contribution is -2.45. The highest BCUT2D eigenvalue weighted by molar-refractivity contribution is 6.02. The van der Waals surface area contributed by atoms with Crippen molar-refractivity contribution in [2.45, 2.75) is 12.8 Å². The van der Waals surface area contributed by atoms with Crippen molar-refractivity contribution in [2.75, 3.05) is 70.8 Å². The van der Waals surface area contributed by atoms with Crippen molar-refractivity contribution >= 4 is 29.3 Å². The molecular formula is C21H30N4O5. The zero-order valence-corrected chi connectivity index (χ0v) is 17.8. The van der Waals surface area contributed by atoms with Gasteiger partial charge in [-0.2, -0.15) is 0 Å². The molecule has 9 heteroatoms. The lowest BCUT2D eigenvalue weighted by atomic mass is 9.95. The van der Waals surface area contributed by atoms with Gasteiger partial charge in [0.2, 0.25) is 5.91 Å². The second-order valence-corrected chi connectivity index (χ2v) is 7.75. The summed E-state index contributed by atoms with van der Waals surface area (Å²) in [6.07, 6.45) is 1.18. The van der Waals surface area contributed by atoms with Crippen molar-refractivity contribution in [1.82, 2.24) is 9.80 Å². The molecule has 0 unspecified atom stereocenters. The highest BCUT2D eigenvalue weighted by atomic mass is 16.5. The van der Waals surface area contributed by atoms with Gasteiger partial charge in [0.05, 0.1) is 31.6 Å². The molecule has 1 aromatic carbocycles. The number of benzene rings is 1. The Hall–Kier alpha value is -2.81. The van der Waals surface area contributed by atoms with Crippen molar-refractivity contribution in [3.63, 3.8) is 0 Å². The van der Waals surface area contributed by atoms with Crippen LogP contribution in [0.4, 0.5) is 16.2 Å². The van der Waals surface area contributed by atoms with E-state index in [0.717, 1.165) is 18.8 Å². The number of esters is 1. The molecule has 1 aromatic rings. The molecule has 3 amide bonds. The largest absolute Gasteiger partial charge is 0.465 e. The molecule has 0 aliphatic carbocycles. The van der Waals surface area contributed by atoms with Crippen molar-refractivity contribution in [1.29, 1.82) is 0 Å². The zero-order valence-electron chi connectivity index (χ0n) is 17.8. The number of piperidine rings is 1. The van der Waals surface area contributed by atoms with Crippen LogP contribution in [-0.2, 0) is 14.3 Å². The topological polar surface area (TPSA) is 91.4 Å². The molecule has 9 nitrogen and oxygen atoms in total. The van der Waals surface area contributed by atoms with Gasteiger partial charge in [0, 0.05) is 51.9 Å². The van der Waals surface area contributed by atoms with Gasteiger partial charge >= 0.3 is 12.0 Å². The predicted molar refractivity (Wildman–Crippen MR) is 113 cm³/mol. The molecule has 164 valence electrons. The van der Waals surface area contributed by atoms with Gasteiger partial charge in [0.15, 0.2) is 0 Å². The summed E-state index contributed by atoms with van der Waals surface area (Å²) in [5.74, 6) is -0.844. The van der Waals surface area contributed by atoms with Crippen molar-refractivity contribution in [3.05, 3.63) is 23.8 Å². The SMILES string of the molecule is COC(=O)c1cc(N2CCOCC2)ccc1NC(=O)C1CCN(C(=O)N(C)C)CC1. The molecule has 0 aromatic heterocycles. The summed E-state index contributed by atoms with van der Waals surface area (Å²) < 4.78 is 10.3. The second kappa shape index (κ2) is 9.80. The molecule has 0 bridgehead atoms. The molecule has 2 aliphatic rings. The van der Waals surface area contributed by atoms with E-state index in [2.05, 4.69) is 10.2 Å². The van der Waals surface area contributed by atoms with Gasteiger partial charge < -0.3 is 29.5 Å². The van der Waals surface area contributed by atoms with Gasteiger partial charge in [-0.25, -0.2) is 9.59 Å². The maximum absolute atomic E-state index is 12.8. The van der Waals surface area contributed by atoms with Gasteiger partial charge in [0.1, 0.15) is 0 Å². The minimum atomic E-state index is -0.494. The first-order valence-electron chi connectivity index (χ1n) is 10.2. The summed E-state index contributed by atoms with van der Waals surface area (Å²) >= 11 is 0. The summed E-state index contributed by atoms with van der Waals surface area (Å²) in [6.45, 7) is 3.85. The fourth-order valence-corrected chi connectivity index (χ4v) is 3.79. The molecule has 2 heterocycles. The van der Waals surface area contributed by atoms with Gasteiger partial charge in [-0.15, -0.1) is 0 Å². The molecule has 2 saturated heterocycles. The summed E-state index contributed by atoms with van der Waals surface area (Å²) in [5, 5.41) is 2.90. The Morgan fingerprint density at radius 3 is 2.37 bits per heavy atom. The Bertz CT molecular complexity index is 784. The van der Waals surface area contributed by atoms with E-state index in [4.69, 9.17) is 9.47 Å². The maximum atomic E-state index is 12.8. The smallest absolute Gasteiger partial charge is 0.340 e. The molecule has 30 heavy (non-hydrogen) atoms. The van der Waals surface area contributed by atoms with Crippen molar-refractivity contribution in [3.8, 4) is 0 Å². The Balaban J connectivity index is 1.68. The maximum Gasteiger partial charge on any atom is 0.340 e. The van der Waals surface area contributed by atoms with Gasteiger partial charge in [-0.05, 0) is 31.0 Å². The quantitative estimate of drug-likeness (QED) is 0.748. The number of hydrogen-bond acceptors (Lipinski definition) is 6. The molecule has 2 fully saturated rings. The third-order valence-electron chi connectivity index (χ3n) is 5.56. The standard InChI is InChI=1S/C21H30N4O5/c1-23(2)21(28)25-8-6-15(7-9-25)19(26)22-18-5-4-16(14-17(18)20(27)29-3)24-10-12-30-13-11-24/h4-5,14-15H,6-13H2,1-3H3,(H,22,26). The Morgan fingerprint density at radius 2 is 1.77 bits per heavy atom. The minimum Gasteiger partial charge on any atom is -0.465 e. The third kappa shape index (κ3) is 5.02. The van der Waals surface area contributed by atoms with Crippen LogP contribution in [0.1, 0.15) is 23.2 Å². The van der Waals surface area contributed by atoms with Crippen LogP contribution < -0.4 is 10.2 Å². The van der Waals surface area contributed by atoms with E-state index in [1.165, 1.54) is 7.11 Å². The minimum absolute atomic E-state index is 0.0412. The van der Waals surface area contributed by atoms with Crippen LogP contribution in [0, 0.1) is 5.92 Å². The average Bonchev–Trinajstić information content (AvgIpc) is 2.78. The summed E-state index contributed by atoms with van der Waals surface area (Å²) in [7, 11) is 4.76. The normalized spacial score (nSPS) is 17.4. The number of amides is 3. The second-order valence-electron chi connectivity index (χ2n) is 7.75. The molecule has 2 aliphatic heterocycles. The van der Waals surface area contributed by atoms with E-state index in [0.29, 0.717) is 50.4 Å². The van der Waals surface area contributed by atoms with Crippen molar-refractivity contribution in [2.24, 2.45) is 5.92 Å². The summed E-state index contributed by atoms with van der Waals surface area (Å²) in [4.78, 5) is 42.7. The average molecular weight is 418 g/mol. The number of anilines is 2. The number of nitrogens with one attached hydrogen (secondary N) is 1. The number of morpholine rings is 1. The van der Waals surface area contributed by atoms with Gasteiger partial charge in [0.25, 0.3) is 0 Å². The van der Waals surface area contributed by atoms with Gasteiger partial charge in [-0.1, -0.05) is 0 Å². The number of ether oxygens (including phenoxy) is 2. The number of rotatable bonds is 4. The fourth-order valence-electron chi connectivity index (χ4n) is 3.79. The number of nitrogens with zero attached hydrogens (tertiary/aromatic N) is 3. The van der Waals surface area contributed by atoms with Crippen LogP contribution >= 0.6 is 0 Å². The predicted octanol–water partition coefficient (Wildman–Crippen LogP) is 1.64. The molecular weight excluding hydrogens is 388 g/mol. The first-order valence-corrected chi connectivity index (χ1v) is 10.2. The van der Waals surface area contributed by atoms with Crippen LogP contribution in [0.5, 0.6) is 0 Å². The monoisotopic (exact) mass is 418 g/mol. The summed E-state index contributed by atoms with van der Waals surface area (Å²) in [5.41, 5.74) is 1.66. The number of carbonyl (C=O) groups is 3. The van der Waals surface area contributed by atoms with E-state index in [1.54, 1.807) is 36.0 Å². The first kappa shape index (κ1) is 21.9. The molecule has 1 N–H and O–H groups in total. The van der Waals surface area contributed by atoms with Crippen molar-refractivity contribution < 1.29 is 23.9 Å². The fraction of sp³-hybridized carbons (Fsp3) is 0.571. The third-order valence-corrected chi connectivity index (χ3v) is 5.56. The Labute approximate surface area is 176 Å². The van der Waals surface area contributed by atoms with Crippen LogP contribution in [0.15, 0.2) is 18.2 Å². The first-order chi connectivity index (χ1) is 14.4. The van der Waals surface area contributed by atoms with Crippen LogP contribution in [0.3, 0.4) is 0 Å². The number of urea groups is 1. The Morgan fingerprint density at radius 1 is 1.10 bits per heavy atom. The molecule has 0 spiro atoms. The lowest BCUT2D eigenvalue weighted by molar-refractivity contribution is -0.121. The van der Waals surface area contributed by atoms with Gasteiger partial charge in [-0.3, -0.25) is 4.79 Å². The molecule has 0 saturated carbocycles. The number of methoxy groups -OCH3 is 1. The number of carbonyl (C=O) groups excluding carboxylic acids is 3. The van der Waals surface area contributed by atoms with E-state index >= 15 is 0 Å². The summed E-state index contributed by atoms with van der Waals surface area (Å²) in [6, 6.07) is 5.36. The molecule has 3 rings (SSSR count). The molecule has 0 radical (unpaired) electrons. The van der Waals surface area contributed by atoms with E-state index in [-0.39, 0.29) is 17.9 Å². The lowest BCUT2D eigenvalue weighted by Gasteiger charge is -2.33.